The lowest BCUT2D eigenvalue weighted by atomic mass is 10.1. The first-order valence-corrected chi connectivity index (χ1v) is 6.70. The number of methoxy groups -OCH3 is 1. The Balaban J connectivity index is 2.24. The largest absolute Gasteiger partial charge is 0.493 e. The predicted molar refractivity (Wildman–Crippen MR) is 79.3 cm³/mol. The highest BCUT2D eigenvalue weighted by atomic mass is 35.5. The zero-order chi connectivity index (χ0) is 14.4. The summed E-state index contributed by atoms with van der Waals surface area (Å²) in [5.41, 5.74) is 7.56. The Morgan fingerprint density at radius 3 is 2.85 bits per heavy atom. The van der Waals surface area contributed by atoms with Crippen LogP contribution in [0, 0.1) is 0 Å². The van der Waals surface area contributed by atoms with Crippen molar-refractivity contribution in [1.82, 2.24) is 4.98 Å². The van der Waals surface area contributed by atoms with Crippen LogP contribution in [0.1, 0.15) is 11.1 Å². The van der Waals surface area contributed by atoms with Crippen LogP contribution in [0.2, 0.25) is 5.02 Å². The number of aromatic nitrogens is 1. The third kappa shape index (κ3) is 3.62. The van der Waals surface area contributed by atoms with E-state index in [1.807, 2.05) is 18.2 Å². The van der Waals surface area contributed by atoms with Gasteiger partial charge in [-0.1, -0.05) is 17.7 Å². The summed E-state index contributed by atoms with van der Waals surface area (Å²) in [5.74, 6) is 1.30. The first-order chi connectivity index (χ1) is 9.74. The number of nitrogens with zero attached hydrogens (tertiary/aromatic N) is 1. The summed E-state index contributed by atoms with van der Waals surface area (Å²) < 4.78 is 11.2. The van der Waals surface area contributed by atoms with E-state index in [2.05, 4.69) is 4.98 Å². The quantitative estimate of drug-likeness (QED) is 0.889. The molecule has 2 rings (SSSR count). The van der Waals surface area contributed by atoms with Crippen LogP contribution in [0.5, 0.6) is 11.5 Å². The average Bonchev–Trinajstić information content (AvgIpc) is 2.47. The van der Waals surface area contributed by atoms with E-state index < -0.39 is 0 Å². The number of hydrogen-bond donors (Lipinski definition) is 1. The Morgan fingerprint density at radius 2 is 2.20 bits per heavy atom. The van der Waals surface area contributed by atoms with E-state index in [1.165, 1.54) is 0 Å². The van der Waals surface area contributed by atoms with Gasteiger partial charge in [-0.3, -0.25) is 4.98 Å². The molecule has 0 aliphatic carbocycles. The van der Waals surface area contributed by atoms with Crippen LogP contribution in [0.15, 0.2) is 36.7 Å². The Labute approximate surface area is 123 Å². The SMILES string of the molecule is COc1cc(Cl)cc(CCN)c1OCc1cccnc1. The number of halogens is 1. The highest BCUT2D eigenvalue weighted by Gasteiger charge is 2.12. The van der Waals surface area contributed by atoms with E-state index in [9.17, 15) is 0 Å². The van der Waals surface area contributed by atoms with E-state index >= 15 is 0 Å². The van der Waals surface area contributed by atoms with Gasteiger partial charge < -0.3 is 15.2 Å². The Hall–Kier alpha value is -1.78. The van der Waals surface area contributed by atoms with Crippen molar-refractivity contribution in [2.75, 3.05) is 13.7 Å². The van der Waals surface area contributed by atoms with Gasteiger partial charge in [0.1, 0.15) is 6.61 Å². The lowest BCUT2D eigenvalue weighted by molar-refractivity contribution is 0.281. The number of rotatable bonds is 6. The molecule has 5 heteroatoms. The highest BCUT2D eigenvalue weighted by molar-refractivity contribution is 6.30. The van der Waals surface area contributed by atoms with Gasteiger partial charge in [0, 0.05) is 34.6 Å². The lowest BCUT2D eigenvalue weighted by Gasteiger charge is -2.15. The molecule has 0 radical (unpaired) electrons. The number of nitrogens with two attached hydrogens (primary N) is 1. The fourth-order valence-electron chi connectivity index (χ4n) is 1.92. The molecule has 2 N–H and O–H groups in total. The van der Waals surface area contributed by atoms with E-state index in [0.29, 0.717) is 36.1 Å². The number of ether oxygens (including phenoxy) is 2. The molecule has 0 unspecified atom stereocenters. The lowest BCUT2D eigenvalue weighted by Crippen LogP contribution is -2.07. The average molecular weight is 293 g/mol. The zero-order valence-electron chi connectivity index (χ0n) is 11.3. The van der Waals surface area contributed by atoms with Crippen molar-refractivity contribution in [2.45, 2.75) is 13.0 Å². The second-order valence-corrected chi connectivity index (χ2v) is 4.72. The predicted octanol–water partition coefficient (Wildman–Crippen LogP) is 2.82. The maximum Gasteiger partial charge on any atom is 0.165 e. The van der Waals surface area contributed by atoms with Crippen LogP contribution in [0.3, 0.4) is 0 Å². The van der Waals surface area contributed by atoms with Crippen molar-refractivity contribution in [3.63, 3.8) is 0 Å². The van der Waals surface area contributed by atoms with Gasteiger partial charge in [-0.05, 0) is 25.1 Å². The molecule has 0 amide bonds. The second-order valence-electron chi connectivity index (χ2n) is 4.28. The molecular weight excluding hydrogens is 276 g/mol. The minimum Gasteiger partial charge on any atom is -0.493 e. The van der Waals surface area contributed by atoms with Gasteiger partial charge >= 0.3 is 0 Å². The molecule has 0 fully saturated rings. The summed E-state index contributed by atoms with van der Waals surface area (Å²) >= 11 is 6.07. The van der Waals surface area contributed by atoms with E-state index in [-0.39, 0.29) is 0 Å². The minimum absolute atomic E-state index is 0.420. The van der Waals surface area contributed by atoms with Crippen LogP contribution in [-0.2, 0) is 13.0 Å². The first-order valence-electron chi connectivity index (χ1n) is 6.32. The number of pyridine rings is 1. The van der Waals surface area contributed by atoms with Crippen molar-refractivity contribution < 1.29 is 9.47 Å². The van der Waals surface area contributed by atoms with Crippen LogP contribution >= 0.6 is 11.6 Å². The van der Waals surface area contributed by atoms with Gasteiger partial charge in [0.25, 0.3) is 0 Å². The molecule has 20 heavy (non-hydrogen) atoms. The van der Waals surface area contributed by atoms with Gasteiger partial charge in [-0.2, -0.15) is 0 Å². The molecule has 106 valence electrons. The molecule has 1 aromatic carbocycles. The van der Waals surface area contributed by atoms with E-state index in [1.54, 1.807) is 25.6 Å². The molecule has 0 saturated heterocycles. The minimum atomic E-state index is 0.420. The summed E-state index contributed by atoms with van der Waals surface area (Å²) in [6.45, 7) is 0.941. The molecule has 0 saturated carbocycles. The van der Waals surface area contributed by atoms with Gasteiger partial charge in [-0.25, -0.2) is 0 Å². The van der Waals surface area contributed by atoms with Crippen molar-refractivity contribution in [3.05, 3.63) is 52.8 Å². The van der Waals surface area contributed by atoms with Crippen LogP contribution in [-0.4, -0.2) is 18.6 Å². The normalized spacial score (nSPS) is 10.3. The van der Waals surface area contributed by atoms with E-state index in [4.69, 9.17) is 26.8 Å². The third-order valence-corrected chi connectivity index (χ3v) is 3.05. The van der Waals surface area contributed by atoms with Gasteiger partial charge in [0.15, 0.2) is 11.5 Å². The fourth-order valence-corrected chi connectivity index (χ4v) is 2.15. The molecule has 4 nitrogen and oxygen atoms in total. The van der Waals surface area contributed by atoms with Crippen LogP contribution in [0.4, 0.5) is 0 Å². The third-order valence-electron chi connectivity index (χ3n) is 2.84. The Morgan fingerprint density at radius 1 is 1.35 bits per heavy atom. The number of hydrogen-bond acceptors (Lipinski definition) is 4. The van der Waals surface area contributed by atoms with Crippen molar-refractivity contribution in [2.24, 2.45) is 5.73 Å². The maximum absolute atomic E-state index is 6.07. The number of benzene rings is 1. The monoisotopic (exact) mass is 292 g/mol. The first kappa shape index (κ1) is 14.6. The standard InChI is InChI=1S/C15H17ClN2O2/c1-19-14-8-13(16)7-12(4-5-17)15(14)20-10-11-3-2-6-18-9-11/h2-3,6-9H,4-5,10,17H2,1H3. The van der Waals surface area contributed by atoms with Gasteiger partial charge in [0.2, 0.25) is 0 Å². The second kappa shape index (κ2) is 7.12. The summed E-state index contributed by atoms with van der Waals surface area (Å²) in [7, 11) is 1.59. The molecule has 0 spiro atoms. The van der Waals surface area contributed by atoms with Crippen molar-refractivity contribution in [3.8, 4) is 11.5 Å². The molecule has 1 heterocycles. The molecule has 1 aromatic heterocycles. The van der Waals surface area contributed by atoms with Gasteiger partial charge in [0.05, 0.1) is 7.11 Å². The Kier molecular flexibility index (Phi) is 5.21. The van der Waals surface area contributed by atoms with Crippen molar-refractivity contribution in [1.29, 1.82) is 0 Å². The van der Waals surface area contributed by atoms with Crippen LogP contribution < -0.4 is 15.2 Å². The molecule has 0 atom stereocenters. The highest BCUT2D eigenvalue weighted by Crippen LogP contribution is 2.35. The summed E-state index contributed by atoms with van der Waals surface area (Å²) in [6.07, 6.45) is 4.18. The maximum atomic E-state index is 6.07. The smallest absolute Gasteiger partial charge is 0.165 e. The topological polar surface area (TPSA) is 57.4 Å². The zero-order valence-corrected chi connectivity index (χ0v) is 12.1. The summed E-state index contributed by atoms with van der Waals surface area (Å²) in [5, 5.41) is 0.610. The molecular formula is C15H17ClN2O2. The molecule has 0 bridgehead atoms. The summed E-state index contributed by atoms with van der Waals surface area (Å²) in [4.78, 5) is 4.06. The van der Waals surface area contributed by atoms with E-state index in [0.717, 1.165) is 11.1 Å². The Bertz CT molecular complexity index is 561. The molecule has 2 aromatic rings. The summed E-state index contributed by atoms with van der Waals surface area (Å²) in [6, 6.07) is 7.42. The fraction of sp³-hybridized carbons (Fsp3) is 0.267. The molecule has 0 aliphatic rings. The molecule has 0 aliphatic heterocycles. The van der Waals surface area contributed by atoms with Gasteiger partial charge in [-0.15, -0.1) is 0 Å². The van der Waals surface area contributed by atoms with Crippen molar-refractivity contribution >= 4 is 11.6 Å². The van der Waals surface area contributed by atoms with Crippen LogP contribution in [0.25, 0.3) is 0 Å².